The molecule has 2 aliphatic rings. The first-order chi connectivity index (χ1) is 19.4. The van der Waals surface area contributed by atoms with Crippen LogP contribution in [0.15, 0.2) is 60.8 Å². The molecule has 0 atom stereocenters. The number of nitrogens with zero attached hydrogens (tertiary/aromatic N) is 5. The third-order valence-corrected chi connectivity index (χ3v) is 7.27. The van der Waals surface area contributed by atoms with Crippen molar-refractivity contribution in [2.75, 3.05) is 54.4 Å². The molecule has 0 spiro atoms. The normalized spacial score (nSPS) is 16.0. The van der Waals surface area contributed by atoms with Crippen molar-refractivity contribution < 1.29 is 18.7 Å². The Morgan fingerprint density at radius 2 is 1.65 bits per heavy atom. The number of anilines is 4. The number of nitrogens with one attached hydrogen (secondary N) is 2. The van der Waals surface area contributed by atoms with E-state index >= 15 is 0 Å². The van der Waals surface area contributed by atoms with Crippen LogP contribution < -0.4 is 20.4 Å². The third kappa shape index (κ3) is 6.96. The van der Waals surface area contributed by atoms with Crippen molar-refractivity contribution in [3.63, 3.8) is 0 Å². The Morgan fingerprint density at radius 3 is 2.33 bits per heavy atom. The summed E-state index contributed by atoms with van der Waals surface area (Å²) in [5, 5.41) is 6.07. The first-order valence-corrected chi connectivity index (χ1v) is 13.6. The molecule has 11 heteroatoms. The minimum Gasteiger partial charge on any atom is -0.445 e. The predicted molar refractivity (Wildman–Crippen MR) is 151 cm³/mol. The van der Waals surface area contributed by atoms with E-state index in [0.717, 1.165) is 30.0 Å². The van der Waals surface area contributed by atoms with Gasteiger partial charge in [-0.25, -0.2) is 14.2 Å². The van der Waals surface area contributed by atoms with E-state index in [0.29, 0.717) is 45.0 Å². The number of benzene rings is 2. The lowest BCUT2D eigenvalue weighted by Crippen LogP contribution is -2.48. The summed E-state index contributed by atoms with van der Waals surface area (Å²) in [5.74, 6) is 0.170. The van der Waals surface area contributed by atoms with Crippen LogP contribution in [-0.2, 0) is 16.1 Å². The SMILES string of the molecule is CC(=O)N1CCN(c2ccc(Nc3ncc(F)c(N4CCC(NC(=O)OCc5ccccc5)CC4)n3)cc2)CC1. The molecule has 3 aromatic rings. The molecule has 2 aromatic carbocycles. The number of piperazine rings is 1. The zero-order valence-electron chi connectivity index (χ0n) is 22.6. The number of carbonyl (C=O) groups excluding carboxylic acids is 2. The zero-order chi connectivity index (χ0) is 27.9. The minimum absolute atomic E-state index is 0.0500. The van der Waals surface area contributed by atoms with Gasteiger partial charge in [-0.15, -0.1) is 0 Å². The van der Waals surface area contributed by atoms with E-state index in [4.69, 9.17) is 4.74 Å². The topological polar surface area (TPSA) is 103 Å². The quantitative estimate of drug-likeness (QED) is 0.459. The molecule has 2 N–H and O–H groups in total. The number of alkyl carbamates (subject to hydrolysis) is 1. The fourth-order valence-electron chi connectivity index (χ4n) is 4.97. The van der Waals surface area contributed by atoms with Crippen LogP contribution in [0.1, 0.15) is 25.3 Å². The molecule has 0 radical (unpaired) electrons. The van der Waals surface area contributed by atoms with Gasteiger partial charge in [0.25, 0.3) is 0 Å². The molecular formula is C29H34FN7O3. The van der Waals surface area contributed by atoms with Crippen LogP contribution in [0.25, 0.3) is 0 Å². The molecule has 0 bridgehead atoms. The van der Waals surface area contributed by atoms with Crippen LogP contribution in [0.3, 0.4) is 0 Å². The second kappa shape index (κ2) is 12.6. The maximum absolute atomic E-state index is 14.7. The van der Waals surface area contributed by atoms with Crippen molar-refractivity contribution in [3.8, 4) is 0 Å². The number of carbonyl (C=O) groups is 2. The van der Waals surface area contributed by atoms with E-state index in [2.05, 4.69) is 25.5 Å². The van der Waals surface area contributed by atoms with Gasteiger partial charge in [0.2, 0.25) is 11.9 Å². The molecule has 1 aromatic heterocycles. The molecule has 2 saturated heterocycles. The molecule has 0 saturated carbocycles. The van der Waals surface area contributed by atoms with Crippen molar-refractivity contribution in [2.45, 2.75) is 32.4 Å². The van der Waals surface area contributed by atoms with Crippen molar-refractivity contribution in [1.82, 2.24) is 20.2 Å². The van der Waals surface area contributed by atoms with Crippen LogP contribution in [0.2, 0.25) is 0 Å². The average Bonchev–Trinajstić information content (AvgIpc) is 2.98. The molecule has 2 fully saturated rings. The van der Waals surface area contributed by atoms with Crippen molar-refractivity contribution in [2.24, 2.45) is 0 Å². The van der Waals surface area contributed by atoms with Crippen LogP contribution in [0.5, 0.6) is 0 Å². The second-order valence-corrected chi connectivity index (χ2v) is 10.00. The maximum atomic E-state index is 14.7. The van der Waals surface area contributed by atoms with Crippen molar-refractivity contribution >= 4 is 35.1 Å². The Bertz CT molecular complexity index is 1290. The summed E-state index contributed by atoms with van der Waals surface area (Å²) in [5.41, 5.74) is 2.80. The van der Waals surface area contributed by atoms with E-state index in [1.807, 2.05) is 64.4 Å². The minimum atomic E-state index is -0.487. The number of halogens is 1. The van der Waals surface area contributed by atoms with Crippen LogP contribution in [0.4, 0.5) is 32.3 Å². The summed E-state index contributed by atoms with van der Waals surface area (Å²) in [7, 11) is 0. The summed E-state index contributed by atoms with van der Waals surface area (Å²) in [6.07, 6.45) is 2.02. The number of ether oxygens (including phenoxy) is 1. The molecule has 2 aliphatic heterocycles. The lowest BCUT2D eigenvalue weighted by Gasteiger charge is -2.35. The highest BCUT2D eigenvalue weighted by molar-refractivity contribution is 5.73. The van der Waals surface area contributed by atoms with E-state index in [1.54, 1.807) is 6.92 Å². The summed E-state index contributed by atoms with van der Waals surface area (Å²) in [4.78, 5) is 38.3. The number of rotatable bonds is 7. The van der Waals surface area contributed by atoms with E-state index in [-0.39, 0.29) is 24.4 Å². The predicted octanol–water partition coefficient (Wildman–Crippen LogP) is 3.92. The van der Waals surface area contributed by atoms with E-state index in [9.17, 15) is 14.0 Å². The van der Waals surface area contributed by atoms with Gasteiger partial charge >= 0.3 is 6.09 Å². The number of piperidine rings is 1. The van der Waals surface area contributed by atoms with Gasteiger partial charge in [-0.05, 0) is 42.7 Å². The highest BCUT2D eigenvalue weighted by Gasteiger charge is 2.25. The van der Waals surface area contributed by atoms with Gasteiger partial charge in [0.15, 0.2) is 11.6 Å². The molecular weight excluding hydrogens is 513 g/mol. The number of amides is 2. The Labute approximate surface area is 233 Å². The van der Waals surface area contributed by atoms with Gasteiger partial charge < -0.3 is 30.1 Å². The molecule has 40 heavy (non-hydrogen) atoms. The Morgan fingerprint density at radius 1 is 0.950 bits per heavy atom. The highest BCUT2D eigenvalue weighted by Crippen LogP contribution is 2.25. The Kier molecular flexibility index (Phi) is 8.58. The van der Waals surface area contributed by atoms with Crippen LogP contribution in [-0.4, -0.2) is 72.2 Å². The van der Waals surface area contributed by atoms with Gasteiger partial charge in [0.1, 0.15) is 6.61 Å². The summed E-state index contributed by atoms with van der Waals surface area (Å²) in [6.45, 7) is 5.92. The van der Waals surface area contributed by atoms with Gasteiger partial charge in [-0.2, -0.15) is 4.98 Å². The lowest BCUT2D eigenvalue weighted by atomic mass is 10.1. The van der Waals surface area contributed by atoms with Crippen LogP contribution >= 0.6 is 0 Å². The molecule has 3 heterocycles. The Hall–Kier alpha value is -4.41. The molecule has 5 rings (SSSR count). The van der Waals surface area contributed by atoms with E-state index in [1.165, 1.54) is 6.20 Å². The monoisotopic (exact) mass is 547 g/mol. The summed E-state index contributed by atoms with van der Waals surface area (Å²) in [6, 6.07) is 17.4. The standard InChI is InChI=1S/C29H34FN7O3/c1-21(38)35-15-17-36(18-16-35)25-9-7-23(8-10-25)32-28-31-19-26(30)27(34-28)37-13-11-24(12-14-37)33-29(39)40-20-22-5-3-2-4-6-22/h2-10,19,24H,11-18,20H2,1H3,(H,33,39)(H,31,32,34). The van der Waals surface area contributed by atoms with Crippen molar-refractivity contribution in [3.05, 3.63) is 72.2 Å². The van der Waals surface area contributed by atoms with Gasteiger partial charge in [-0.1, -0.05) is 30.3 Å². The van der Waals surface area contributed by atoms with Crippen LogP contribution in [0, 0.1) is 5.82 Å². The first-order valence-electron chi connectivity index (χ1n) is 13.6. The third-order valence-electron chi connectivity index (χ3n) is 7.27. The van der Waals surface area contributed by atoms with Gasteiger partial charge in [0, 0.05) is 63.6 Å². The van der Waals surface area contributed by atoms with Gasteiger partial charge in [-0.3, -0.25) is 4.79 Å². The zero-order valence-corrected chi connectivity index (χ0v) is 22.6. The smallest absolute Gasteiger partial charge is 0.407 e. The maximum Gasteiger partial charge on any atom is 0.407 e. The van der Waals surface area contributed by atoms with Gasteiger partial charge in [0.05, 0.1) is 6.20 Å². The number of hydrogen-bond donors (Lipinski definition) is 2. The summed E-state index contributed by atoms with van der Waals surface area (Å²) >= 11 is 0. The molecule has 0 unspecified atom stereocenters. The largest absolute Gasteiger partial charge is 0.445 e. The number of hydrogen-bond acceptors (Lipinski definition) is 8. The first kappa shape index (κ1) is 27.2. The molecule has 210 valence electrons. The second-order valence-electron chi connectivity index (χ2n) is 10.00. The molecule has 2 amide bonds. The Balaban J connectivity index is 1.11. The lowest BCUT2D eigenvalue weighted by molar-refractivity contribution is -0.129. The average molecular weight is 548 g/mol. The van der Waals surface area contributed by atoms with E-state index < -0.39 is 11.9 Å². The fraction of sp³-hybridized carbons (Fsp3) is 0.379. The van der Waals surface area contributed by atoms with Crippen molar-refractivity contribution in [1.29, 1.82) is 0 Å². The number of aromatic nitrogens is 2. The molecule has 10 nitrogen and oxygen atoms in total. The fourth-order valence-corrected chi connectivity index (χ4v) is 4.97. The highest BCUT2D eigenvalue weighted by atomic mass is 19.1. The molecule has 0 aliphatic carbocycles. The summed E-state index contributed by atoms with van der Waals surface area (Å²) < 4.78 is 20.0.